The molecule has 3 heteroatoms. The van der Waals surface area contributed by atoms with Gasteiger partial charge in [0.25, 0.3) is 0 Å². The first-order valence-electron chi connectivity index (χ1n) is 5.13. The summed E-state index contributed by atoms with van der Waals surface area (Å²) in [6, 6.07) is 2.42. The number of aromatic nitrogens is 1. The van der Waals surface area contributed by atoms with Crippen molar-refractivity contribution in [1.82, 2.24) is 10.3 Å². The van der Waals surface area contributed by atoms with Gasteiger partial charge in [-0.15, -0.1) is 0 Å². The molecule has 1 aliphatic heterocycles. The Morgan fingerprint density at radius 2 is 2.36 bits per heavy atom. The van der Waals surface area contributed by atoms with E-state index in [1.54, 1.807) is 12.3 Å². The Morgan fingerprint density at radius 1 is 1.50 bits per heavy atom. The van der Waals surface area contributed by atoms with Crippen LogP contribution < -0.4 is 5.32 Å². The summed E-state index contributed by atoms with van der Waals surface area (Å²) in [6.45, 7) is 2.14. The number of rotatable bonds is 1. The summed E-state index contributed by atoms with van der Waals surface area (Å²) >= 11 is 0. The van der Waals surface area contributed by atoms with Gasteiger partial charge in [0.15, 0.2) is 0 Å². The van der Waals surface area contributed by atoms with Gasteiger partial charge in [-0.3, -0.25) is 4.98 Å². The zero-order valence-corrected chi connectivity index (χ0v) is 8.33. The van der Waals surface area contributed by atoms with Gasteiger partial charge >= 0.3 is 0 Å². The van der Waals surface area contributed by atoms with E-state index in [4.69, 9.17) is 0 Å². The van der Waals surface area contributed by atoms with Crippen molar-refractivity contribution in [2.24, 2.45) is 0 Å². The predicted octanol–water partition coefficient (Wildman–Crippen LogP) is 2.42. The lowest BCUT2D eigenvalue weighted by molar-refractivity contribution is 0.334. The number of halogens is 1. The highest BCUT2D eigenvalue weighted by atomic mass is 19.1. The summed E-state index contributed by atoms with van der Waals surface area (Å²) in [4.78, 5) is 3.76. The van der Waals surface area contributed by atoms with Crippen LogP contribution in [0.1, 0.15) is 37.8 Å². The van der Waals surface area contributed by atoms with Gasteiger partial charge < -0.3 is 5.32 Å². The number of piperidine rings is 1. The highest BCUT2D eigenvalue weighted by molar-refractivity contribution is 5.18. The second kappa shape index (κ2) is 4.05. The molecule has 2 atom stereocenters. The highest BCUT2D eigenvalue weighted by Crippen LogP contribution is 2.26. The van der Waals surface area contributed by atoms with E-state index < -0.39 is 0 Å². The van der Waals surface area contributed by atoms with Crippen LogP contribution in [0.15, 0.2) is 18.5 Å². The molecule has 0 amide bonds. The quantitative estimate of drug-likeness (QED) is 0.742. The summed E-state index contributed by atoms with van der Waals surface area (Å²) in [5, 5.41) is 3.41. The molecule has 14 heavy (non-hydrogen) atoms. The molecule has 0 saturated carbocycles. The van der Waals surface area contributed by atoms with Crippen LogP contribution in [0.5, 0.6) is 0 Å². The van der Waals surface area contributed by atoms with Crippen LogP contribution in [-0.4, -0.2) is 11.0 Å². The van der Waals surface area contributed by atoms with Gasteiger partial charge in [-0.2, -0.15) is 0 Å². The predicted molar refractivity (Wildman–Crippen MR) is 53.4 cm³/mol. The standard InChI is InChI=1S/C11H15FN2/c1-8-3-2-4-11(14-8)9-5-6-13-7-10(9)12/h5-8,11,14H,2-4H2,1H3. The third kappa shape index (κ3) is 1.93. The van der Waals surface area contributed by atoms with Gasteiger partial charge in [-0.1, -0.05) is 6.42 Å². The minimum absolute atomic E-state index is 0.168. The van der Waals surface area contributed by atoms with Crippen molar-refractivity contribution in [3.63, 3.8) is 0 Å². The smallest absolute Gasteiger partial charge is 0.146 e. The maximum absolute atomic E-state index is 13.4. The van der Waals surface area contributed by atoms with Gasteiger partial charge in [-0.05, 0) is 25.8 Å². The third-order valence-electron chi connectivity index (χ3n) is 2.79. The Hall–Kier alpha value is -0.960. The van der Waals surface area contributed by atoms with Gasteiger partial charge in [0.2, 0.25) is 0 Å². The molecule has 0 radical (unpaired) electrons. The van der Waals surface area contributed by atoms with Crippen molar-refractivity contribution in [2.45, 2.75) is 38.3 Å². The normalized spacial score (nSPS) is 27.6. The van der Waals surface area contributed by atoms with Crippen molar-refractivity contribution < 1.29 is 4.39 Å². The molecule has 2 nitrogen and oxygen atoms in total. The molecule has 2 unspecified atom stereocenters. The zero-order valence-electron chi connectivity index (χ0n) is 8.33. The Kier molecular flexibility index (Phi) is 2.77. The first-order valence-corrected chi connectivity index (χ1v) is 5.13. The Labute approximate surface area is 83.6 Å². The van der Waals surface area contributed by atoms with Crippen LogP contribution in [0.25, 0.3) is 0 Å². The lowest BCUT2D eigenvalue weighted by atomic mass is 9.94. The molecule has 1 saturated heterocycles. The van der Waals surface area contributed by atoms with E-state index in [1.807, 2.05) is 0 Å². The molecule has 0 aromatic carbocycles. The van der Waals surface area contributed by atoms with E-state index in [0.29, 0.717) is 6.04 Å². The Morgan fingerprint density at radius 3 is 3.07 bits per heavy atom. The first kappa shape index (κ1) is 9.59. The molecular formula is C11H15FN2. The van der Waals surface area contributed by atoms with Crippen LogP contribution in [0, 0.1) is 5.82 Å². The third-order valence-corrected chi connectivity index (χ3v) is 2.79. The minimum atomic E-state index is -0.195. The zero-order chi connectivity index (χ0) is 9.97. The summed E-state index contributed by atoms with van der Waals surface area (Å²) < 4.78 is 13.4. The Bertz CT molecular complexity index is 314. The van der Waals surface area contributed by atoms with E-state index in [1.165, 1.54) is 19.0 Å². The van der Waals surface area contributed by atoms with E-state index in [2.05, 4.69) is 17.2 Å². The molecule has 2 heterocycles. The van der Waals surface area contributed by atoms with Crippen LogP contribution in [0.4, 0.5) is 4.39 Å². The lowest BCUT2D eigenvalue weighted by Gasteiger charge is -2.29. The van der Waals surface area contributed by atoms with Crippen molar-refractivity contribution in [3.8, 4) is 0 Å². The molecule has 1 N–H and O–H groups in total. The summed E-state index contributed by atoms with van der Waals surface area (Å²) in [6.07, 6.45) is 6.31. The molecule has 0 aliphatic carbocycles. The number of nitrogens with one attached hydrogen (secondary N) is 1. The van der Waals surface area contributed by atoms with Gasteiger partial charge in [0.1, 0.15) is 5.82 Å². The topological polar surface area (TPSA) is 24.9 Å². The van der Waals surface area contributed by atoms with E-state index in [-0.39, 0.29) is 11.9 Å². The van der Waals surface area contributed by atoms with E-state index in [9.17, 15) is 4.39 Å². The summed E-state index contributed by atoms with van der Waals surface area (Å²) in [5.41, 5.74) is 0.756. The maximum atomic E-state index is 13.4. The molecule has 76 valence electrons. The molecule has 2 rings (SSSR count). The van der Waals surface area contributed by atoms with Crippen molar-refractivity contribution in [1.29, 1.82) is 0 Å². The number of hydrogen-bond donors (Lipinski definition) is 1. The van der Waals surface area contributed by atoms with Gasteiger partial charge in [0.05, 0.1) is 6.20 Å². The van der Waals surface area contributed by atoms with Gasteiger partial charge in [0, 0.05) is 23.8 Å². The van der Waals surface area contributed by atoms with Crippen molar-refractivity contribution in [3.05, 3.63) is 29.8 Å². The molecule has 0 bridgehead atoms. The molecule has 0 spiro atoms. The number of hydrogen-bond acceptors (Lipinski definition) is 2. The number of pyridine rings is 1. The molecule has 1 aromatic heterocycles. The number of nitrogens with zero attached hydrogens (tertiary/aromatic N) is 1. The molecule has 1 aliphatic rings. The fourth-order valence-electron chi connectivity index (χ4n) is 2.05. The second-order valence-corrected chi connectivity index (χ2v) is 3.95. The SMILES string of the molecule is CC1CCCC(c2ccncc2F)N1. The minimum Gasteiger partial charge on any atom is -0.307 e. The molecular weight excluding hydrogens is 179 g/mol. The van der Waals surface area contributed by atoms with E-state index in [0.717, 1.165) is 12.0 Å². The average molecular weight is 194 g/mol. The molecule has 1 fully saturated rings. The van der Waals surface area contributed by atoms with Crippen LogP contribution in [0.2, 0.25) is 0 Å². The summed E-state index contributed by atoms with van der Waals surface area (Å²) in [5.74, 6) is -0.195. The monoisotopic (exact) mass is 194 g/mol. The fourth-order valence-corrected chi connectivity index (χ4v) is 2.05. The molecule has 1 aromatic rings. The second-order valence-electron chi connectivity index (χ2n) is 3.95. The first-order chi connectivity index (χ1) is 6.77. The van der Waals surface area contributed by atoms with Crippen LogP contribution in [-0.2, 0) is 0 Å². The lowest BCUT2D eigenvalue weighted by Crippen LogP contribution is -2.35. The van der Waals surface area contributed by atoms with Crippen LogP contribution >= 0.6 is 0 Å². The maximum Gasteiger partial charge on any atom is 0.146 e. The van der Waals surface area contributed by atoms with Crippen LogP contribution in [0.3, 0.4) is 0 Å². The highest BCUT2D eigenvalue weighted by Gasteiger charge is 2.21. The Balaban J connectivity index is 2.18. The fraction of sp³-hybridized carbons (Fsp3) is 0.545. The largest absolute Gasteiger partial charge is 0.307 e. The van der Waals surface area contributed by atoms with Crippen molar-refractivity contribution >= 4 is 0 Å². The average Bonchev–Trinajstić information content (AvgIpc) is 2.18. The van der Waals surface area contributed by atoms with Gasteiger partial charge in [-0.25, -0.2) is 4.39 Å². The van der Waals surface area contributed by atoms with Crippen molar-refractivity contribution in [2.75, 3.05) is 0 Å². The van der Waals surface area contributed by atoms with E-state index >= 15 is 0 Å². The summed E-state index contributed by atoms with van der Waals surface area (Å²) in [7, 11) is 0.